The van der Waals surface area contributed by atoms with Gasteiger partial charge in [0.2, 0.25) is 0 Å². The topological polar surface area (TPSA) is 59.1 Å². The number of nitrogens with two attached hydrogens (primary N) is 1. The highest BCUT2D eigenvalue weighted by molar-refractivity contribution is 5.32. The van der Waals surface area contributed by atoms with Crippen molar-refractivity contribution < 1.29 is 9.50 Å². The SMILES string of the molecule is Nc1cc(CC(O)Cc2ccc(F)cc2)ccn1. The Balaban J connectivity index is 1.96. The number of aliphatic hydroxyl groups is 1. The second kappa shape index (κ2) is 5.60. The molecule has 0 amide bonds. The molecule has 0 spiro atoms. The predicted octanol–water partition coefficient (Wildman–Crippen LogP) is 1.95. The van der Waals surface area contributed by atoms with E-state index in [0.717, 1.165) is 11.1 Å². The maximum atomic E-state index is 12.7. The number of hydrogen-bond acceptors (Lipinski definition) is 3. The number of aromatic nitrogens is 1. The van der Waals surface area contributed by atoms with E-state index in [1.165, 1.54) is 12.1 Å². The molecule has 2 aromatic rings. The first-order valence-electron chi connectivity index (χ1n) is 5.76. The van der Waals surface area contributed by atoms with Crippen LogP contribution in [-0.4, -0.2) is 16.2 Å². The maximum Gasteiger partial charge on any atom is 0.123 e. The summed E-state index contributed by atoms with van der Waals surface area (Å²) < 4.78 is 12.7. The zero-order chi connectivity index (χ0) is 13.0. The fourth-order valence-corrected chi connectivity index (χ4v) is 1.86. The van der Waals surface area contributed by atoms with E-state index < -0.39 is 6.10 Å². The minimum Gasteiger partial charge on any atom is -0.392 e. The molecule has 1 heterocycles. The van der Waals surface area contributed by atoms with Crippen molar-refractivity contribution in [2.24, 2.45) is 0 Å². The molecule has 0 bridgehead atoms. The van der Waals surface area contributed by atoms with E-state index in [1.54, 1.807) is 24.4 Å². The zero-order valence-electron chi connectivity index (χ0n) is 9.88. The van der Waals surface area contributed by atoms with Gasteiger partial charge in [0.05, 0.1) is 6.10 Å². The fourth-order valence-electron chi connectivity index (χ4n) is 1.86. The average molecular weight is 246 g/mol. The van der Waals surface area contributed by atoms with Gasteiger partial charge < -0.3 is 10.8 Å². The van der Waals surface area contributed by atoms with Crippen LogP contribution in [0.2, 0.25) is 0 Å². The Morgan fingerprint density at radius 3 is 2.44 bits per heavy atom. The van der Waals surface area contributed by atoms with Gasteiger partial charge in [-0.05, 0) is 48.2 Å². The summed E-state index contributed by atoms with van der Waals surface area (Å²) in [7, 11) is 0. The van der Waals surface area contributed by atoms with Gasteiger partial charge in [0.15, 0.2) is 0 Å². The van der Waals surface area contributed by atoms with Crippen molar-refractivity contribution >= 4 is 5.82 Å². The van der Waals surface area contributed by atoms with Crippen molar-refractivity contribution in [2.75, 3.05) is 5.73 Å². The van der Waals surface area contributed by atoms with Gasteiger partial charge in [0.1, 0.15) is 11.6 Å². The first kappa shape index (κ1) is 12.5. The molecule has 18 heavy (non-hydrogen) atoms. The minimum atomic E-state index is -0.516. The molecular formula is C14H15FN2O. The van der Waals surface area contributed by atoms with Crippen molar-refractivity contribution in [3.8, 4) is 0 Å². The number of benzene rings is 1. The van der Waals surface area contributed by atoms with Crippen molar-refractivity contribution in [3.05, 3.63) is 59.5 Å². The summed E-state index contributed by atoms with van der Waals surface area (Å²) in [4.78, 5) is 3.90. The van der Waals surface area contributed by atoms with E-state index in [-0.39, 0.29) is 5.82 Å². The average Bonchev–Trinajstić information content (AvgIpc) is 2.32. The van der Waals surface area contributed by atoms with E-state index in [2.05, 4.69) is 4.98 Å². The van der Waals surface area contributed by atoms with Crippen molar-refractivity contribution in [2.45, 2.75) is 18.9 Å². The van der Waals surface area contributed by atoms with E-state index in [9.17, 15) is 9.50 Å². The Kier molecular flexibility index (Phi) is 3.89. The van der Waals surface area contributed by atoms with E-state index in [0.29, 0.717) is 18.7 Å². The molecule has 0 aliphatic rings. The number of anilines is 1. The zero-order valence-corrected chi connectivity index (χ0v) is 9.88. The van der Waals surface area contributed by atoms with Crippen LogP contribution in [0.4, 0.5) is 10.2 Å². The summed E-state index contributed by atoms with van der Waals surface area (Å²) in [6.07, 6.45) is 2.10. The minimum absolute atomic E-state index is 0.268. The molecule has 94 valence electrons. The first-order chi connectivity index (χ1) is 8.63. The normalized spacial score (nSPS) is 12.3. The third-order valence-corrected chi connectivity index (χ3v) is 2.70. The second-order valence-corrected chi connectivity index (χ2v) is 4.28. The summed E-state index contributed by atoms with van der Waals surface area (Å²) in [6, 6.07) is 9.72. The Morgan fingerprint density at radius 2 is 1.78 bits per heavy atom. The lowest BCUT2D eigenvalue weighted by Gasteiger charge is -2.11. The van der Waals surface area contributed by atoms with E-state index in [4.69, 9.17) is 5.73 Å². The van der Waals surface area contributed by atoms with Gasteiger partial charge in [-0.3, -0.25) is 0 Å². The van der Waals surface area contributed by atoms with Crippen LogP contribution in [0.5, 0.6) is 0 Å². The second-order valence-electron chi connectivity index (χ2n) is 4.28. The van der Waals surface area contributed by atoms with Crippen molar-refractivity contribution in [1.29, 1.82) is 0 Å². The Hall–Kier alpha value is -1.94. The highest BCUT2D eigenvalue weighted by atomic mass is 19.1. The lowest BCUT2D eigenvalue weighted by Crippen LogP contribution is -2.14. The van der Waals surface area contributed by atoms with Gasteiger partial charge in [-0.25, -0.2) is 9.37 Å². The summed E-state index contributed by atoms with van der Waals surface area (Å²) in [5.74, 6) is 0.177. The molecular weight excluding hydrogens is 231 g/mol. The van der Waals surface area contributed by atoms with Crippen LogP contribution >= 0.6 is 0 Å². The van der Waals surface area contributed by atoms with Crippen LogP contribution in [-0.2, 0) is 12.8 Å². The first-order valence-corrected chi connectivity index (χ1v) is 5.76. The third kappa shape index (κ3) is 3.53. The molecule has 0 saturated carbocycles. The number of nitrogen functional groups attached to an aromatic ring is 1. The van der Waals surface area contributed by atoms with Crippen LogP contribution in [0.1, 0.15) is 11.1 Å². The molecule has 2 rings (SSSR count). The number of aliphatic hydroxyl groups excluding tert-OH is 1. The predicted molar refractivity (Wildman–Crippen MR) is 68.5 cm³/mol. The fraction of sp³-hybridized carbons (Fsp3) is 0.214. The summed E-state index contributed by atoms with van der Waals surface area (Å²) in [5.41, 5.74) is 7.42. The van der Waals surface area contributed by atoms with Gasteiger partial charge in [-0.1, -0.05) is 12.1 Å². The molecule has 0 radical (unpaired) electrons. The number of pyridine rings is 1. The molecule has 1 unspecified atom stereocenters. The van der Waals surface area contributed by atoms with Crippen LogP contribution in [0.15, 0.2) is 42.6 Å². The number of nitrogens with zero attached hydrogens (tertiary/aromatic N) is 1. The summed E-state index contributed by atoms with van der Waals surface area (Å²) in [6.45, 7) is 0. The lowest BCUT2D eigenvalue weighted by molar-refractivity contribution is 0.175. The summed E-state index contributed by atoms with van der Waals surface area (Å²) in [5, 5.41) is 9.96. The number of halogens is 1. The molecule has 3 nitrogen and oxygen atoms in total. The highest BCUT2D eigenvalue weighted by Crippen LogP contribution is 2.11. The molecule has 1 atom stereocenters. The Labute approximate surface area is 105 Å². The van der Waals surface area contributed by atoms with Crippen LogP contribution < -0.4 is 5.73 Å². The molecule has 1 aromatic carbocycles. The highest BCUT2D eigenvalue weighted by Gasteiger charge is 2.07. The molecule has 0 aliphatic heterocycles. The Morgan fingerprint density at radius 1 is 1.11 bits per heavy atom. The van der Waals surface area contributed by atoms with Gasteiger partial charge in [-0.2, -0.15) is 0 Å². The van der Waals surface area contributed by atoms with Crippen LogP contribution in [0, 0.1) is 5.82 Å². The third-order valence-electron chi connectivity index (χ3n) is 2.70. The van der Waals surface area contributed by atoms with E-state index in [1.807, 2.05) is 6.07 Å². The summed E-state index contributed by atoms with van der Waals surface area (Å²) >= 11 is 0. The quantitative estimate of drug-likeness (QED) is 0.866. The van der Waals surface area contributed by atoms with Gasteiger partial charge in [-0.15, -0.1) is 0 Å². The van der Waals surface area contributed by atoms with Gasteiger partial charge in [0, 0.05) is 6.20 Å². The smallest absolute Gasteiger partial charge is 0.123 e. The van der Waals surface area contributed by atoms with Gasteiger partial charge in [0.25, 0.3) is 0 Å². The number of rotatable bonds is 4. The molecule has 0 fully saturated rings. The van der Waals surface area contributed by atoms with Gasteiger partial charge >= 0.3 is 0 Å². The largest absolute Gasteiger partial charge is 0.392 e. The number of hydrogen-bond donors (Lipinski definition) is 2. The molecule has 4 heteroatoms. The molecule has 1 aromatic heterocycles. The van der Waals surface area contributed by atoms with Crippen molar-refractivity contribution in [1.82, 2.24) is 4.98 Å². The Bertz CT molecular complexity index is 513. The molecule has 0 aliphatic carbocycles. The van der Waals surface area contributed by atoms with Crippen molar-refractivity contribution in [3.63, 3.8) is 0 Å². The standard InChI is InChI=1S/C14H15FN2O/c15-12-3-1-10(2-4-12)7-13(18)8-11-5-6-17-14(16)9-11/h1-6,9,13,18H,7-8H2,(H2,16,17). The van der Waals surface area contributed by atoms with Crippen LogP contribution in [0.3, 0.4) is 0 Å². The maximum absolute atomic E-state index is 12.7. The van der Waals surface area contributed by atoms with Crippen LogP contribution in [0.25, 0.3) is 0 Å². The molecule has 3 N–H and O–H groups in total. The molecule has 0 saturated heterocycles. The van der Waals surface area contributed by atoms with E-state index >= 15 is 0 Å². The monoisotopic (exact) mass is 246 g/mol. The lowest BCUT2D eigenvalue weighted by atomic mass is 10.0.